The maximum Gasteiger partial charge on any atom is 0.337 e. The fourth-order valence-electron chi connectivity index (χ4n) is 2.53. The van der Waals surface area contributed by atoms with Crippen molar-refractivity contribution < 1.29 is 9.90 Å². The smallest absolute Gasteiger partial charge is 0.337 e. The fraction of sp³-hybridized carbons (Fsp3) is 0.0556. The van der Waals surface area contributed by atoms with Gasteiger partial charge >= 0.3 is 5.97 Å². The van der Waals surface area contributed by atoms with Crippen LogP contribution in [0.3, 0.4) is 0 Å². The van der Waals surface area contributed by atoms with E-state index in [1.807, 2.05) is 6.07 Å². The Labute approximate surface area is 142 Å². The zero-order chi connectivity index (χ0) is 17.1. The van der Waals surface area contributed by atoms with Gasteiger partial charge in [-0.3, -0.25) is 9.78 Å². The largest absolute Gasteiger partial charge is 0.478 e. The van der Waals surface area contributed by atoms with Gasteiger partial charge in [-0.15, -0.1) is 0 Å². The van der Waals surface area contributed by atoms with Crippen molar-refractivity contribution in [2.24, 2.45) is 0 Å². The standard InChI is InChI=1S/C18H13ClN2O3/c19-15-6-3-12(4-7-15)17(13-2-1-9-20-10-13)21-11-14(18(23)24)5-8-16(21)22/h1-11,17H,(H,23,24)/t17-/m1/s1. The second kappa shape index (κ2) is 6.68. The first-order valence-electron chi connectivity index (χ1n) is 7.17. The summed E-state index contributed by atoms with van der Waals surface area (Å²) in [7, 11) is 0. The third-order valence-corrected chi connectivity index (χ3v) is 3.90. The van der Waals surface area contributed by atoms with Gasteiger partial charge in [0.1, 0.15) is 0 Å². The van der Waals surface area contributed by atoms with E-state index in [2.05, 4.69) is 4.98 Å². The minimum atomic E-state index is -1.09. The van der Waals surface area contributed by atoms with E-state index in [1.54, 1.807) is 42.7 Å². The highest BCUT2D eigenvalue weighted by atomic mass is 35.5. The zero-order valence-corrected chi connectivity index (χ0v) is 13.2. The lowest BCUT2D eigenvalue weighted by molar-refractivity contribution is 0.0695. The number of pyridine rings is 2. The molecule has 1 aromatic carbocycles. The van der Waals surface area contributed by atoms with Gasteiger partial charge < -0.3 is 9.67 Å². The molecule has 1 atom stereocenters. The summed E-state index contributed by atoms with van der Waals surface area (Å²) in [6, 6.07) is 12.7. The fourth-order valence-corrected chi connectivity index (χ4v) is 2.65. The Bertz CT molecular complexity index is 921. The van der Waals surface area contributed by atoms with Crippen LogP contribution < -0.4 is 5.56 Å². The molecule has 0 fully saturated rings. The predicted molar refractivity (Wildman–Crippen MR) is 90.6 cm³/mol. The second-order valence-corrected chi connectivity index (χ2v) is 5.65. The van der Waals surface area contributed by atoms with Crippen molar-refractivity contribution in [2.75, 3.05) is 0 Å². The normalized spacial score (nSPS) is 11.9. The van der Waals surface area contributed by atoms with Gasteiger partial charge in [0, 0.05) is 29.7 Å². The molecule has 0 aliphatic carbocycles. The number of benzene rings is 1. The summed E-state index contributed by atoms with van der Waals surface area (Å²) >= 11 is 5.95. The molecule has 3 rings (SSSR count). The quantitative estimate of drug-likeness (QED) is 0.791. The van der Waals surface area contributed by atoms with Crippen molar-refractivity contribution in [3.63, 3.8) is 0 Å². The molecule has 2 aromatic heterocycles. The molecule has 0 aliphatic rings. The zero-order valence-electron chi connectivity index (χ0n) is 12.5. The first-order valence-corrected chi connectivity index (χ1v) is 7.55. The summed E-state index contributed by atoms with van der Waals surface area (Å²) in [6.45, 7) is 0. The average Bonchev–Trinajstić information content (AvgIpc) is 2.59. The van der Waals surface area contributed by atoms with E-state index in [0.717, 1.165) is 11.1 Å². The Kier molecular flexibility index (Phi) is 4.44. The van der Waals surface area contributed by atoms with E-state index < -0.39 is 12.0 Å². The summed E-state index contributed by atoms with van der Waals surface area (Å²) in [5.41, 5.74) is 1.31. The number of carboxylic acids is 1. The van der Waals surface area contributed by atoms with Crippen LogP contribution in [0.4, 0.5) is 0 Å². The van der Waals surface area contributed by atoms with Crippen LogP contribution in [0.1, 0.15) is 27.5 Å². The lowest BCUT2D eigenvalue weighted by Gasteiger charge is -2.21. The lowest BCUT2D eigenvalue weighted by atomic mass is 9.99. The molecule has 1 N–H and O–H groups in total. The number of nitrogens with zero attached hydrogens (tertiary/aromatic N) is 2. The first kappa shape index (κ1) is 16.0. The van der Waals surface area contributed by atoms with Crippen LogP contribution in [0.15, 0.2) is 71.9 Å². The third kappa shape index (κ3) is 3.21. The van der Waals surface area contributed by atoms with Gasteiger partial charge in [-0.25, -0.2) is 4.79 Å². The van der Waals surface area contributed by atoms with Crippen LogP contribution in [0.2, 0.25) is 5.02 Å². The Morgan fingerprint density at radius 2 is 1.83 bits per heavy atom. The molecule has 0 saturated carbocycles. The topological polar surface area (TPSA) is 72.2 Å². The van der Waals surface area contributed by atoms with E-state index in [9.17, 15) is 14.7 Å². The van der Waals surface area contributed by atoms with Gasteiger partial charge in [-0.05, 0) is 35.4 Å². The molecule has 0 unspecified atom stereocenters. The summed E-state index contributed by atoms with van der Waals surface area (Å²) in [5.74, 6) is -1.09. The molecule has 3 aromatic rings. The number of aromatic carboxylic acids is 1. The Morgan fingerprint density at radius 3 is 2.46 bits per heavy atom. The van der Waals surface area contributed by atoms with Crippen LogP contribution in [0.5, 0.6) is 0 Å². The highest BCUT2D eigenvalue weighted by molar-refractivity contribution is 6.30. The Hall–Kier alpha value is -2.92. The highest BCUT2D eigenvalue weighted by Crippen LogP contribution is 2.26. The molecule has 5 nitrogen and oxygen atoms in total. The van der Waals surface area contributed by atoms with E-state index in [4.69, 9.17) is 11.6 Å². The van der Waals surface area contributed by atoms with Crippen molar-refractivity contribution in [1.29, 1.82) is 0 Å². The van der Waals surface area contributed by atoms with Gasteiger partial charge in [0.25, 0.3) is 5.56 Å². The molecular weight excluding hydrogens is 328 g/mol. The summed E-state index contributed by atoms with van der Waals surface area (Å²) in [4.78, 5) is 27.7. The molecule has 24 heavy (non-hydrogen) atoms. The van der Waals surface area contributed by atoms with Crippen LogP contribution >= 0.6 is 11.6 Å². The average molecular weight is 341 g/mol. The molecule has 120 valence electrons. The summed E-state index contributed by atoms with van der Waals surface area (Å²) < 4.78 is 1.39. The number of rotatable bonds is 4. The monoisotopic (exact) mass is 340 g/mol. The van der Waals surface area contributed by atoms with Gasteiger partial charge in [-0.2, -0.15) is 0 Å². The van der Waals surface area contributed by atoms with Crippen LogP contribution in [-0.2, 0) is 0 Å². The van der Waals surface area contributed by atoms with Crippen molar-refractivity contribution in [2.45, 2.75) is 6.04 Å². The van der Waals surface area contributed by atoms with Gasteiger partial charge in [0.2, 0.25) is 0 Å². The summed E-state index contributed by atoms with van der Waals surface area (Å²) in [5, 5.41) is 9.79. The minimum Gasteiger partial charge on any atom is -0.478 e. The molecule has 6 heteroatoms. The van der Waals surface area contributed by atoms with Crippen molar-refractivity contribution in [1.82, 2.24) is 9.55 Å². The molecule has 0 radical (unpaired) electrons. The molecule has 0 spiro atoms. The van der Waals surface area contributed by atoms with Gasteiger partial charge in [0.15, 0.2) is 0 Å². The number of aromatic nitrogens is 2. The molecule has 0 amide bonds. The number of halogens is 1. The second-order valence-electron chi connectivity index (χ2n) is 5.21. The molecule has 0 bridgehead atoms. The molecular formula is C18H13ClN2O3. The van der Waals surface area contributed by atoms with E-state index >= 15 is 0 Å². The number of hydrogen-bond donors (Lipinski definition) is 1. The van der Waals surface area contributed by atoms with Crippen LogP contribution in [0.25, 0.3) is 0 Å². The number of carboxylic acid groups (broad SMARTS) is 1. The van der Waals surface area contributed by atoms with Gasteiger partial charge in [0.05, 0.1) is 11.6 Å². The maximum atomic E-state index is 12.4. The Balaban J connectivity index is 2.22. The predicted octanol–water partition coefficient (Wildman–Crippen LogP) is 3.23. The summed E-state index contributed by atoms with van der Waals surface area (Å²) in [6.07, 6.45) is 4.63. The lowest BCUT2D eigenvalue weighted by Crippen LogP contribution is -2.26. The Morgan fingerprint density at radius 1 is 1.08 bits per heavy atom. The highest BCUT2D eigenvalue weighted by Gasteiger charge is 2.19. The molecule has 0 aliphatic heterocycles. The number of carbonyl (C=O) groups is 1. The number of hydrogen-bond acceptors (Lipinski definition) is 3. The molecule has 2 heterocycles. The minimum absolute atomic E-state index is 0.0393. The van der Waals surface area contributed by atoms with Gasteiger partial charge in [-0.1, -0.05) is 29.8 Å². The van der Waals surface area contributed by atoms with E-state index in [-0.39, 0.29) is 11.1 Å². The maximum absolute atomic E-state index is 12.4. The van der Waals surface area contributed by atoms with Crippen molar-refractivity contribution >= 4 is 17.6 Å². The SMILES string of the molecule is O=C(O)c1ccc(=O)n([C@H](c2ccc(Cl)cc2)c2cccnc2)c1. The van der Waals surface area contributed by atoms with Crippen molar-refractivity contribution in [3.8, 4) is 0 Å². The van der Waals surface area contributed by atoms with E-state index in [1.165, 1.54) is 22.9 Å². The van der Waals surface area contributed by atoms with Crippen LogP contribution in [-0.4, -0.2) is 20.6 Å². The third-order valence-electron chi connectivity index (χ3n) is 3.65. The first-order chi connectivity index (χ1) is 11.6. The van der Waals surface area contributed by atoms with Crippen LogP contribution in [0, 0.1) is 0 Å². The molecule has 0 saturated heterocycles. The van der Waals surface area contributed by atoms with Crippen molar-refractivity contribution in [3.05, 3.63) is 99.2 Å². The van der Waals surface area contributed by atoms with E-state index in [0.29, 0.717) is 5.02 Å².